The van der Waals surface area contributed by atoms with E-state index in [1.54, 1.807) is 6.07 Å². The van der Waals surface area contributed by atoms with Gasteiger partial charge in [-0.25, -0.2) is 19.1 Å². The second-order valence-corrected chi connectivity index (χ2v) is 5.30. The molecule has 0 N–H and O–H groups in total. The van der Waals surface area contributed by atoms with Gasteiger partial charge in [-0.3, -0.25) is 0 Å². The fourth-order valence-corrected chi connectivity index (χ4v) is 2.32. The van der Waals surface area contributed by atoms with Crippen molar-refractivity contribution < 1.29 is 22.7 Å². The Labute approximate surface area is 148 Å². The molecule has 0 aromatic carbocycles. The van der Waals surface area contributed by atoms with Crippen molar-refractivity contribution in [3.05, 3.63) is 46.6 Å². The minimum atomic E-state index is -4.73. The molecule has 0 saturated carbocycles. The molecule has 0 radical (unpaired) electrons. The van der Waals surface area contributed by atoms with Crippen LogP contribution in [0.1, 0.15) is 22.0 Å². The number of methoxy groups -OCH3 is 1. The first-order valence-corrected chi connectivity index (χ1v) is 7.30. The number of tetrazole rings is 1. The quantitative estimate of drug-likeness (QED) is 0.629. The molecule has 3 aromatic heterocycles. The number of nitrogens with zero attached hydrogens (tertiary/aromatic N) is 7. The van der Waals surface area contributed by atoms with Crippen LogP contribution in [0.4, 0.5) is 13.2 Å². The molecule has 0 bridgehead atoms. The summed E-state index contributed by atoms with van der Waals surface area (Å²) in [6, 6.07) is 4.35. The van der Waals surface area contributed by atoms with Gasteiger partial charge < -0.3 is 4.74 Å². The van der Waals surface area contributed by atoms with Crippen LogP contribution in [-0.2, 0) is 17.5 Å². The van der Waals surface area contributed by atoms with Crippen LogP contribution >= 0.6 is 11.6 Å². The maximum Gasteiger partial charge on any atom is 0.453 e. The first-order chi connectivity index (χ1) is 12.3. The van der Waals surface area contributed by atoms with Crippen molar-refractivity contribution in [2.24, 2.45) is 0 Å². The van der Waals surface area contributed by atoms with Crippen molar-refractivity contribution >= 4 is 17.6 Å². The number of pyridine rings is 1. The van der Waals surface area contributed by atoms with Crippen LogP contribution in [0.2, 0.25) is 5.02 Å². The number of carbonyl (C=O) groups is 1. The topological polar surface area (TPSA) is 101 Å². The molecule has 0 aliphatic heterocycles. The van der Waals surface area contributed by atoms with E-state index in [0.29, 0.717) is 4.68 Å². The van der Waals surface area contributed by atoms with Gasteiger partial charge in [0.25, 0.3) is 5.82 Å². The van der Waals surface area contributed by atoms with Crippen molar-refractivity contribution in [2.45, 2.75) is 12.7 Å². The standard InChI is InChI=1S/C13H9ClF3N7O2/c1-26-11(25)9-5-7(6-23-12(13(15,16)17)19-21-22-23)20-24(9)10-8(14)3-2-4-18-10/h2-5H,6H2,1H3. The molecule has 26 heavy (non-hydrogen) atoms. The summed E-state index contributed by atoms with van der Waals surface area (Å²) in [6.45, 7) is -0.427. The molecule has 9 nitrogen and oxygen atoms in total. The third-order valence-electron chi connectivity index (χ3n) is 3.19. The predicted octanol–water partition coefficient (Wildman–Crippen LogP) is 1.76. The Kier molecular flexibility index (Phi) is 4.59. The van der Waals surface area contributed by atoms with E-state index in [2.05, 4.69) is 30.3 Å². The molecule has 0 aliphatic rings. The molecule has 136 valence electrons. The molecule has 0 amide bonds. The molecular formula is C13H9ClF3N7O2. The summed E-state index contributed by atoms with van der Waals surface area (Å²) in [5, 5.41) is 13.6. The van der Waals surface area contributed by atoms with Crippen molar-refractivity contribution in [1.82, 2.24) is 35.0 Å². The van der Waals surface area contributed by atoms with Crippen LogP contribution in [0.15, 0.2) is 24.4 Å². The van der Waals surface area contributed by atoms with Gasteiger partial charge >= 0.3 is 12.1 Å². The number of alkyl halides is 3. The molecule has 0 unspecified atom stereocenters. The van der Waals surface area contributed by atoms with E-state index in [1.165, 1.54) is 18.3 Å². The molecule has 3 heterocycles. The molecule has 0 saturated heterocycles. The minimum absolute atomic E-state index is 0.0651. The second kappa shape index (κ2) is 6.71. The zero-order valence-electron chi connectivity index (χ0n) is 13.0. The van der Waals surface area contributed by atoms with Gasteiger partial charge in [-0.05, 0) is 28.6 Å². The lowest BCUT2D eigenvalue weighted by Crippen LogP contribution is -2.17. The normalized spacial score (nSPS) is 11.6. The Bertz CT molecular complexity index is 953. The number of halogens is 4. The van der Waals surface area contributed by atoms with Gasteiger partial charge in [-0.1, -0.05) is 11.6 Å². The van der Waals surface area contributed by atoms with E-state index in [1.807, 2.05) is 0 Å². The smallest absolute Gasteiger partial charge is 0.453 e. The SMILES string of the molecule is COC(=O)c1cc(Cn2nnnc2C(F)(F)F)nn1-c1ncccc1Cl. The van der Waals surface area contributed by atoms with E-state index in [4.69, 9.17) is 11.6 Å². The Morgan fingerprint density at radius 2 is 2.15 bits per heavy atom. The summed E-state index contributed by atoms with van der Waals surface area (Å²) in [5.74, 6) is -1.94. The van der Waals surface area contributed by atoms with Crippen LogP contribution in [0, 0.1) is 0 Å². The molecule has 13 heteroatoms. The van der Waals surface area contributed by atoms with E-state index < -0.39 is 24.5 Å². The molecule has 3 aromatic rings. The summed E-state index contributed by atoms with van der Waals surface area (Å²) in [7, 11) is 1.16. The average molecular weight is 388 g/mol. The highest BCUT2D eigenvalue weighted by Gasteiger charge is 2.38. The second-order valence-electron chi connectivity index (χ2n) is 4.89. The first kappa shape index (κ1) is 17.8. The van der Waals surface area contributed by atoms with Crippen molar-refractivity contribution in [3.8, 4) is 5.82 Å². The lowest BCUT2D eigenvalue weighted by Gasteiger charge is -2.06. The van der Waals surface area contributed by atoms with Gasteiger partial charge in [0.2, 0.25) is 0 Å². The number of rotatable bonds is 4. The van der Waals surface area contributed by atoms with Gasteiger partial charge in [0.15, 0.2) is 11.5 Å². The summed E-state index contributed by atoms with van der Waals surface area (Å²) < 4.78 is 44.9. The lowest BCUT2D eigenvalue weighted by atomic mass is 10.3. The van der Waals surface area contributed by atoms with Gasteiger partial charge in [-0.15, -0.1) is 5.10 Å². The molecule has 0 spiro atoms. The third kappa shape index (κ3) is 3.35. The van der Waals surface area contributed by atoms with Crippen LogP contribution in [0.25, 0.3) is 5.82 Å². The molecular weight excluding hydrogens is 379 g/mol. The number of hydrogen-bond donors (Lipinski definition) is 0. The first-order valence-electron chi connectivity index (χ1n) is 6.92. The number of carbonyl (C=O) groups excluding carboxylic acids is 1. The van der Waals surface area contributed by atoms with Gasteiger partial charge in [0, 0.05) is 6.20 Å². The highest BCUT2D eigenvalue weighted by Crippen LogP contribution is 2.27. The van der Waals surface area contributed by atoms with Gasteiger partial charge in [0.05, 0.1) is 24.4 Å². The fraction of sp³-hybridized carbons (Fsp3) is 0.231. The zero-order chi connectivity index (χ0) is 18.9. The maximum atomic E-state index is 12.9. The summed E-state index contributed by atoms with van der Waals surface area (Å²) in [5.41, 5.74) is 0.00894. The third-order valence-corrected chi connectivity index (χ3v) is 3.49. The van der Waals surface area contributed by atoms with E-state index in [-0.39, 0.29) is 22.2 Å². The molecule has 0 atom stereocenters. The van der Waals surface area contributed by atoms with Crippen LogP contribution in [0.3, 0.4) is 0 Å². The van der Waals surface area contributed by atoms with Crippen molar-refractivity contribution in [3.63, 3.8) is 0 Å². The minimum Gasteiger partial charge on any atom is -0.464 e. The van der Waals surface area contributed by atoms with Crippen molar-refractivity contribution in [1.29, 1.82) is 0 Å². The lowest BCUT2D eigenvalue weighted by molar-refractivity contribution is -0.147. The maximum absolute atomic E-state index is 12.9. The largest absolute Gasteiger partial charge is 0.464 e. The highest BCUT2D eigenvalue weighted by atomic mass is 35.5. The molecule has 0 aliphatic carbocycles. The van der Waals surface area contributed by atoms with Gasteiger partial charge in [-0.2, -0.15) is 18.3 Å². The molecule has 3 rings (SSSR count). The van der Waals surface area contributed by atoms with Crippen LogP contribution in [-0.4, -0.2) is 48.1 Å². The average Bonchev–Trinajstić information content (AvgIpc) is 3.21. The number of hydrogen-bond acceptors (Lipinski definition) is 7. The number of aromatic nitrogens is 7. The van der Waals surface area contributed by atoms with Crippen LogP contribution in [0.5, 0.6) is 0 Å². The Balaban J connectivity index is 2.04. The Hall–Kier alpha value is -3.02. The van der Waals surface area contributed by atoms with Crippen molar-refractivity contribution in [2.75, 3.05) is 7.11 Å². The van der Waals surface area contributed by atoms with E-state index in [0.717, 1.165) is 11.8 Å². The molecule has 0 fully saturated rings. The zero-order valence-corrected chi connectivity index (χ0v) is 13.7. The van der Waals surface area contributed by atoms with E-state index >= 15 is 0 Å². The highest BCUT2D eigenvalue weighted by molar-refractivity contribution is 6.32. The van der Waals surface area contributed by atoms with Crippen LogP contribution < -0.4 is 0 Å². The van der Waals surface area contributed by atoms with E-state index in [9.17, 15) is 18.0 Å². The van der Waals surface area contributed by atoms with Gasteiger partial charge in [0.1, 0.15) is 0 Å². The summed E-state index contributed by atoms with van der Waals surface area (Å²) in [6.07, 6.45) is -3.31. The Morgan fingerprint density at radius 1 is 1.38 bits per heavy atom. The predicted molar refractivity (Wildman–Crippen MR) is 79.6 cm³/mol. The number of ether oxygens (including phenoxy) is 1. The number of esters is 1. The monoisotopic (exact) mass is 387 g/mol. The summed E-state index contributed by atoms with van der Waals surface area (Å²) in [4.78, 5) is 16.0. The fourth-order valence-electron chi connectivity index (χ4n) is 2.12. The summed E-state index contributed by atoms with van der Waals surface area (Å²) >= 11 is 6.05. The Morgan fingerprint density at radius 3 is 2.81 bits per heavy atom.